The summed E-state index contributed by atoms with van der Waals surface area (Å²) < 4.78 is 22.0. The van der Waals surface area contributed by atoms with E-state index < -0.39 is 22.7 Å². The van der Waals surface area contributed by atoms with E-state index in [1.807, 2.05) is 12.1 Å². The summed E-state index contributed by atoms with van der Waals surface area (Å²) in [6.45, 7) is 0. The van der Waals surface area contributed by atoms with E-state index in [0.29, 0.717) is 35.8 Å². The van der Waals surface area contributed by atoms with E-state index in [4.69, 9.17) is 42.1 Å². The van der Waals surface area contributed by atoms with E-state index in [9.17, 15) is 9.59 Å². The Balaban J connectivity index is 1.77. The molecule has 0 aromatic heterocycles. The molecule has 0 N–H and O–H groups in total. The predicted octanol–water partition coefficient (Wildman–Crippen LogP) is 5.77. The third kappa shape index (κ3) is 8.24. The van der Waals surface area contributed by atoms with Crippen LogP contribution in [0, 0.1) is 0 Å². The van der Waals surface area contributed by atoms with Crippen LogP contribution in [0.25, 0.3) is 0 Å². The van der Waals surface area contributed by atoms with Crippen molar-refractivity contribution < 1.29 is 28.5 Å². The number of carbonyl (C=O) groups excluding carboxylic acids is 2. The van der Waals surface area contributed by atoms with Crippen molar-refractivity contribution in [2.75, 3.05) is 14.2 Å². The number of carbonyl (C=O) groups is 2. The van der Waals surface area contributed by atoms with Gasteiger partial charge >= 0.3 is 0 Å². The van der Waals surface area contributed by atoms with Gasteiger partial charge in [-0.25, -0.2) is 0 Å². The van der Waals surface area contributed by atoms with Crippen LogP contribution in [-0.2, 0) is 9.59 Å². The lowest BCUT2D eigenvalue weighted by molar-refractivity contribution is -0.119. The van der Waals surface area contributed by atoms with Gasteiger partial charge in [0.25, 0.3) is 10.5 Å². The van der Waals surface area contributed by atoms with Crippen LogP contribution >= 0.6 is 23.2 Å². The molecule has 0 aliphatic heterocycles. The van der Waals surface area contributed by atoms with Gasteiger partial charge in [0.05, 0.1) is 14.2 Å². The number of benzene rings is 2. The summed E-state index contributed by atoms with van der Waals surface area (Å²) in [7, 11) is 3.08. The maximum absolute atomic E-state index is 11.8. The third-order valence-corrected chi connectivity index (χ3v) is 5.35. The molecule has 2 unspecified atom stereocenters. The fraction of sp³-hybridized carbons (Fsp3) is 0.417. The number of ether oxygens (including phenoxy) is 4. The lowest BCUT2D eigenvalue weighted by Gasteiger charge is -2.18. The highest BCUT2D eigenvalue weighted by atomic mass is 35.5. The molecule has 8 heteroatoms. The number of para-hydroxylation sites is 4. The first-order valence-electron chi connectivity index (χ1n) is 10.4. The van der Waals surface area contributed by atoms with E-state index in [-0.39, 0.29) is 0 Å². The SMILES string of the molecule is COc1ccccc1OC(CCCCCCC(Oc1ccccc1OC)C(=O)Cl)C(=O)Cl. The first-order valence-corrected chi connectivity index (χ1v) is 11.2. The second-order valence-electron chi connectivity index (χ2n) is 7.11. The van der Waals surface area contributed by atoms with Gasteiger partial charge in [-0.1, -0.05) is 37.1 Å². The molecule has 0 amide bonds. The molecule has 0 saturated heterocycles. The Morgan fingerprint density at radius 2 is 1.00 bits per heavy atom. The summed E-state index contributed by atoms with van der Waals surface area (Å²) in [6.07, 6.45) is 2.63. The molecule has 32 heavy (non-hydrogen) atoms. The van der Waals surface area contributed by atoms with Crippen LogP contribution in [0.2, 0.25) is 0 Å². The van der Waals surface area contributed by atoms with Crippen molar-refractivity contribution in [2.24, 2.45) is 0 Å². The molecule has 0 fully saturated rings. The number of hydrogen-bond donors (Lipinski definition) is 0. The molecule has 2 aromatic carbocycles. The van der Waals surface area contributed by atoms with Crippen molar-refractivity contribution in [3.05, 3.63) is 48.5 Å². The van der Waals surface area contributed by atoms with Gasteiger partial charge in [0.1, 0.15) is 0 Å². The zero-order valence-corrected chi connectivity index (χ0v) is 19.7. The van der Waals surface area contributed by atoms with Gasteiger partial charge in [-0.05, 0) is 73.2 Å². The fourth-order valence-corrected chi connectivity index (χ4v) is 3.50. The molecular weight excluding hydrogens is 455 g/mol. The lowest BCUT2D eigenvalue weighted by Crippen LogP contribution is -2.24. The van der Waals surface area contributed by atoms with Crippen LogP contribution in [0.4, 0.5) is 0 Å². The fourth-order valence-electron chi connectivity index (χ4n) is 3.19. The van der Waals surface area contributed by atoms with Crippen LogP contribution in [0.1, 0.15) is 38.5 Å². The summed E-state index contributed by atoms with van der Waals surface area (Å²) in [5, 5.41) is -1.09. The van der Waals surface area contributed by atoms with E-state index in [1.54, 1.807) is 36.4 Å². The Labute approximate surface area is 198 Å². The zero-order valence-electron chi connectivity index (χ0n) is 18.2. The number of halogens is 2. The average molecular weight is 483 g/mol. The number of methoxy groups -OCH3 is 2. The molecule has 0 spiro atoms. The molecule has 0 saturated carbocycles. The highest BCUT2D eigenvalue weighted by Crippen LogP contribution is 2.29. The first kappa shape index (κ1) is 25.8. The Kier molecular flexibility index (Phi) is 11.2. The molecule has 0 aliphatic rings. The minimum absolute atomic E-state index is 0.478. The van der Waals surface area contributed by atoms with E-state index in [0.717, 1.165) is 25.7 Å². The minimum Gasteiger partial charge on any atom is -0.493 e. The van der Waals surface area contributed by atoms with Crippen molar-refractivity contribution >= 4 is 33.7 Å². The summed E-state index contributed by atoms with van der Waals surface area (Å²) in [6, 6.07) is 14.2. The van der Waals surface area contributed by atoms with E-state index >= 15 is 0 Å². The monoisotopic (exact) mass is 482 g/mol. The quantitative estimate of drug-likeness (QED) is 0.237. The van der Waals surface area contributed by atoms with Crippen LogP contribution in [0.3, 0.4) is 0 Å². The van der Waals surface area contributed by atoms with Crippen molar-refractivity contribution in [3.63, 3.8) is 0 Å². The Hall–Kier alpha value is -2.44. The van der Waals surface area contributed by atoms with Crippen LogP contribution in [0.5, 0.6) is 23.0 Å². The zero-order chi connectivity index (χ0) is 23.3. The molecule has 2 rings (SSSR count). The molecule has 6 nitrogen and oxygen atoms in total. The van der Waals surface area contributed by atoms with Crippen LogP contribution < -0.4 is 18.9 Å². The second kappa shape index (κ2) is 13.9. The van der Waals surface area contributed by atoms with Gasteiger partial charge in [-0.3, -0.25) is 9.59 Å². The summed E-state index contributed by atoms with van der Waals surface area (Å²) in [5.74, 6) is 2.04. The summed E-state index contributed by atoms with van der Waals surface area (Å²) in [5.41, 5.74) is 0. The highest BCUT2D eigenvalue weighted by Gasteiger charge is 2.21. The molecule has 0 heterocycles. The maximum atomic E-state index is 11.8. The summed E-state index contributed by atoms with van der Waals surface area (Å²) >= 11 is 11.4. The topological polar surface area (TPSA) is 71.1 Å². The van der Waals surface area contributed by atoms with Gasteiger partial charge in [0, 0.05) is 0 Å². The van der Waals surface area contributed by atoms with Crippen molar-refractivity contribution in [1.29, 1.82) is 0 Å². The van der Waals surface area contributed by atoms with Crippen LogP contribution in [0.15, 0.2) is 48.5 Å². The van der Waals surface area contributed by atoms with Gasteiger partial charge < -0.3 is 18.9 Å². The first-order chi connectivity index (χ1) is 15.5. The number of rotatable bonds is 15. The van der Waals surface area contributed by atoms with Crippen molar-refractivity contribution in [1.82, 2.24) is 0 Å². The normalized spacial score (nSPS) is 12.5. The van der Waals surface area contributed by atoms with Crippen molar-refractivity contribution in [3.8, 4) is 23.0 Å². The molecule has 174 valence electrons. The minimum atomic E-state index is -0.751. The molecule has 0 radical (unpaired) electrons. The molecule has 0 aliphatic carbocycles. The molecule has 2 atom stereocenters. The number of hydrogen-bond acceptors (Lipinski definition) is 6. The maximum Gasteiger partial charge on any atom is 0.262 e. The van der Waals surface area contributed by atoms with Gasteiger partial charge in [-0.15, -0.1) is 0 Å². The van der Waals surface area contributed by atoms with E-state index in [2.05, 4.69) is 0 Å². The van der Waals surface area contributed by atoms with Crippen molar-refractivity contribution in [2.45, 2.75) is 50.7 Å². The Bertz CT molecular complexity index is 802. The standard InChI is InChI=1S/C24H28Cl2O6/c1-29-17-11-7-9-13-19(17)31-21(23(25)27)15-5-3-4-6-16-22(24(26)28)32-20-14-10-8-12-18(20)30-2/h7-14,21-22H,3-6,15-16H2,1-2H3. The van der Waals surface area contributed by atoms with Gasteiger partial charge in [-0.2, -0.15) is 0 Å². The molecule has 2 aromatic rings. The Morgan fingerprint density at radius 3 is 1.31 bits per heavy atom. The third-order valence-electron chi connectivity index (χ3n) is 4.87. The smallest absolute Gasteiger partial charge is 0.262 e. The number of unbranched alkanes of at least 4 members (excludes halogenated alkanes) is 3. The largest absolute Gasteiger partial charge is 0.493 e. The Morgan fingerprint density at radius 1 is 0.656 bits per heavy atom. The predicted molar refractivity (Wildman–Crippen MR) is 124 cm³/mol. The molecular formula is C24H28Cl2O6. The summed E-state index contributed by atoms with van der Waals surface area (Å²) in [4.78, 5) is 23.6. The van der Waals surface area contributed by atoms with E-state index in [1.165, 1.54) is 14.2 Å². The highest BCUT2D eigenvalue weighted by molar-refractivity contribution is 6.64. The molecule has 0 bridgehead atoms. The van der Waals surface area contributed by atoms with Gasteiger partial charge in [0.15, 0.2) is 35.2 Å². The lowest BCUT2D eigenvalue weighted by atomic mass is 10.1. The van der Waals surface area contributed by atoms with Crippen LogP contribution in [-0.4, -0.2) is 36.9 Å². The average Bonchev–Trinajstić information content (AvgIpc) is 2.79. The second-order valence-corrected chi connectivity index (χ2v) is 7.86. The van der Waals surface area contributed by atoms with Gasteiger partial charge in [0.2, 0.25) is 0 Å².